The first kappa shape index (κ1) is 15.6. The number of hydrogen-bond acceptors (Lipinski definition) is 2. The van der Waals surface area contributed by atoms with Gasteiger partial charge in [0.25, 0.3) is 0 Å². The molecule has 1 heterocycles. The molecule has 1 aromatic carbocycles. The number of anilines is 1. The molecule has 1 aliphatic carbocycles. The van der Waals surface area contributed by atoms with Gasteiger partial charge in [-0.25, -0.2) is 9.18 Å². The van der Waals surface area contributed by atoms with Gasteiger partial charge in [0.2, 0.25) is 0 Å². The predicted octanol–water partition coefficient (Wildman–Crippen LogP) is 3.64. The Morgan fingerprint density at radius 2 is 2.00 bits per heavy atom. The van der Waals surface area contributed by atoms with Crippen molar-refractivity contribution in [2.75, 3.05) is 18.4 Å². The van der Waals surface area contributed by atoms with E-state index in [1.807, 2.05) is 0 Å². The highest BCUT2D eigenvalue weighted by molar-refractivity contribution is 6.30. The second kappa shape index (κ2) is 6.05. The molecule has 1 saturated carbocycles. The van der Waals surface area contributed by atoms with E-state index in [1.165, 1.54) is 24.6 Å². The molecule has 2 aliphatic rings. The van der Waals surface area contributed by atoms with Crippen LogP contribution in [0.3, 0.4) is 0 Å². The van der Waals surface area contributed by atoms with Gasteiger partial charge in [0.1, 0.15) is 5.82 Å². The Balaban J connectivity index is 1.57. The second-order valence-electron chi connectivity index (χ2n) is 6.31. The smallest absolute Gasteiger partial charge is 0.321 e. The molecular formula is C16H20ClFN2O2. The average Bonchev–Trinajstić information content (AvgIpc) is 2.35. The Bertz CT molecular complexity index is 549. The van der Waals surface area contributed by atoms with Gasteiger partial charge in [0.05, 0.1) is 5.60 Å². The van der Waals surface area contributed by atoms with E-state index in [-0.39, 0.29) is 11.1 Å². The summed E-state index contributed by atoms with van der Waals surface area (Å²) >= 11 is 5.78. The fourth-order valence-corrected chi connectivity index (χ4v) is 3.50. The standard InChI is InChI=1S/C16H20ClFN2O2/c17-12-8-13(18)10-14(9-12)19-15(21)20-6-4-16(22,5-7-20)11-2-1-3-11/h8-11,22H,1-7H2,(H,19,21). The minimum Gasteiger partial charge on any atom is -0.389 e. The molecule has 0 unspecified atom stereocenters. The molecule has 3 rings (SSSR count). The lowest BCUT2D eigenvalue weighted by Gasteiger charge is -2.46. The fraction of sp³-hybridized carbons (Fsp3) is 0.562. The molecular weight excluding hydrogens is 307 g/mol. The van der Waals surface area contributed by atoms with Crippen molar-refractivity contribution in [3.63, 3.8) is 0 Å². The summed E-state index contributed by atoms with van der Waals surface area (Å²) in [6.45, 7) is 1.03. The molecule has 2 fully saturated rings. The number of halogens is 2. The molecule has 1 saturated heterocycles. The number of rotatable bonds is 2. The number of aliphatic hydroxyl groups is 1. The van der Waals surface area contributed by atoms with Gasteiger partial charge in [0, 0.05) is 23.8 Å². The SMILES string of the molecule is O=C(Nc1cc(F)cc(Cl)c1)N1CCC(O)(C2CCC2)CC1. The van der Waals surface area contributed by atoms with Gasteiger partial charge >= 0.3 is 6.03 Å². The summed E-state index contributed by atoms with van der Waals surface area (Å²) in [5.74, 6) is -0.0967. The Hall–Kier alpha value is -1.33. The monoisotopic (exact) mass is 326 g/mol. The van der Waals surface area contributed by atoms with Gasteiger partial charge in [-0.05, 0) is 49.8 Å². The molecule has 0 spiro atoms. The van der Waals surface area contributed by atoms with Crippen LogP contribution in [0.4, 0.5) is 14.9 Å². The third kappa shape index (κ3) is 3.20. The number of hydrogen-bond donors (Lipinski definition) is 2. The highest BCUT2D eigenvalue weighted by Gasteiger charge is 2.42. The third-order valence-electron chi connectivity index (χ3n) is 4.90. The van der Waals surface area contributed by atoms with E-state index in [2.05, 4.69) is 5.32 Å². The van der Waals surface area contributed by atoms with Crippen LogP contribution in [-0.2, 0) is 0 Å². The van der Waals surface area contributed by atoms with Gasteiger partial charge in [-0.1, -0.05) is 18.0 Å². The summed E-state index contributed by atoms with van der Waals surface area (Å²) in [7, 11) is 0. The number of carbonyl (C=O) groups is 1. The minimum absolute atomic E-state index is 0.244. The van der Waals surface area contributed by atoms with Gasteiger partial charge < -0.3 is 15.3 Å². The third-order valence-corrected chi connectivity index (χ3v) is 5.11. The van der Waals surface area contributed by atoms with Crippen molar-refractivity contribution < 1.29 is 14.3 Å². The van der Waals surface area contributed by atoms with Crippen molar-refractivity contribution in [1.29, 1.82) is 0 Å². The first-order chi connectivity index (χ1) is 10.5. The van der Waals surface area contributed by atoms with E-state index in [4.69, 9.17) is 11.6 Å². The van der Waals surface area contributed by atoms with Crippen LogP contribution in [0, 0.1) is 11.7 Å². The van der Waals surface area contributed by atoms with Crippen molar-refractivity contribution in [2.45, 2.75) is 37.7 Å². The van der Waals surface area contributed by atoms with E-state index >= 15 is 0 Å². The van der Waals surface area contributed by atoms with E-state index in [1.54, 1.807) is 4.90 Å². The highest BCUT2D eigenvalue weighted by Crippen LogP contribution is 2.41. The number of nitrogens with one attached hydrogen (secondary N) is 1. The van der Waals surface area contributed by atoms with Crippen LogP contribution in [0.15, 0.2) is 18.2 Å². The number of nitrogens with zero attached hydrogens (tertiary/aromatic N) is 1. The van der Waals surface area contributed by atoms with Crippen molar-refractivity contribution in [2.24, 2.45) is 5.92 Å². The quantitative estimate of drug-likeness (QED) is 0.871. The molecule has 4 nitrogen and oxygen atoms in total. The summed E-state index contributed by atoms with van der Waals surface area (Å²) in [4.78, 5) is 13.9. The number of likely N-dealkylation sites (tertiary alicyclic amines) is 1. The number of benzene rings is 1. The van der Waals surface area contributed by atoms with Gasteiger partial charge in [-0.2, -0.15) is 0 Å². The average molecular weight is 327 g/mol. The number of amides is 2. The number of carbonyl (C=O) groups excluding carboxylic acids is 1. The topological polar surface area (TPSA) is 52.6 Å². The maximum atomic E-state index is 13.3. The summed E-state index contributed by atoms with van der Waals surface area (Å²) < 4.78 is 13.3. The van der Waals surface area contributed by atoms with Crippen LogP contribution in [0.5, 0.6) is 0 Å². The maximum Gasteiger partial charge on any atom is 0.321 e. The molecule has 22 heavy (non-hydrogen) atoms. The van der Waals surface area contributed by atoms with Crippen LogP contribution in [-0.4, -0.2) is 34.7 Å². The van der Waals surface area contributed by atoms with Crippen molar-refractivity contribution >= 4 is 23.3 Å². The molecule has 1 aromatic rings. The fourth-order valence-electron chi connectivity index (χ4n) is 3.28. The second-order valence-corrected chi connectivity index (χ2v) is 6.74. The first-order valence-electron chi connectivity index (χ1n) is 7.71. The molecule has 0 radical (unpaired) electrons. The molecule has 2 amide bonds. The van der Waals surface area contributed by atoms with Crippen molar-refractivity contribution in [3.05, 3.63) is 29.0 Å². The van der Waals surface area contributed by atoms with Crippen LogP contribution in [0.25, 0.3) is 0 Å². The van der Waals surface area contributed by atoms with Crippen LogP contribution in [0.2, 0.25) is 5.02 Å². The normalized spacial score (nSPS) is 21.3. The largest absolute Gasteiger partial charge is 0.389 e. The molecule has 1 aliphatic heterocycles. The Morgan fingerprint density at radius 3 is 2.55 bits per heavy atom. The summed E-state index contributed by atoms with van der Waals surface area (Å²) in [5, 5.41) is 13.5. The zero-order chi connectivity index (χ0) is 15.7. The molecule has 2 N–H and O–H groups in total. The van der Waals surface area contributed by atoms with Crippen LogP contribution in [0.1, 0.15) is 32.1 Å². The van der Waals surface area contributed by atoms with Gasteiger partial charge in [0.15, 0.2) is 0 Å². The zero-order valence-corrected chi connectivity index (χ0v) is 13.1. The molecule has 0 aromatic heterocycles. The van der Waals surface area contributed by atoms with E-state index in [0.717, 1.165) is 12.8 Å². The lowest BCUT2D eigenvalue weighted by Crippen LogP contribution is -2.52. The van der Waals surface area contributed by atoms with Gasteiger partial charge in [-0.15, -0.1) is 0 Å². The Morgan fingerprint density at radius 1 is 1.32 bits per heavy atom. The zero-order valence-electron chi connectivity index (χ0n) is 12.3. The molecule has 0 bridgehead atoms. The van der Waals surface area contributed by atoms with E-state index in [9.17, 15) is 14.3 Å². The van der Waals surface area contributed by atoms with E-state index in [0.29, 0.717) is 37.5 Å². The predicted molar refractivity (Wildman–Crippen MR) is 83.5 cm³/mol. The Labute approximate surface area is 134 Å². The van der Waals surface area contributed by atoms with Gasteiger partial charge in [-0.3, -0.25) is 0 Å². The van der Waals surface area contributed by atoms with Crippen molar-refractivity contribution in [3.8, 4) is 0 Å². The molecule has 0 atom stereocenters. The maximum absolute atomic E-state index is 13.3. The summed E-state index contributed by atoms with van der Waals surface area (Å²) in [6, 6.07) is 3.66. The Kier molecular flexibility index (Phi) is 4.28. The van der Waals surface area contributed by atoms with Crippen LogP contribution < -0.4 is 5.32 Å². The summed E-state index contributed by atoms with van der Waals surface area (Å²) in [5.41, 5.74) is -0.271. The lowest BCUT2D eigenvalue weighted by molar-refractivity contribution is -0.0845. The highest BCUT2D eigenvalue weighted by atomic mass is 35.5. The first-order valence-corrected chi connectivity index (χ1v) is 8.08. The molecule has 120 valence electrons. The molecule has 6 heteroatoms. The van der Waals surface area contributed by atoms with Crippen molar-refractivity contribution in [1.82, 2.24) is 4.90 Å². The van der Waals surface area contributed by atoms with E-state index < -0.39 is 11.4 Å². The number of urea groups is 1. The minimum atomic E-state index is -0.614. The number of piperidine rings is 1. The lowest BCUT2D eigenvalue weighted by atomic mass is 9.69. The summed E-state index contributed by atoms with van der Waals surface area (Å²) in [6.07, 6.45) is 4.58. The van der Waals surface area contributed by atoms with Crippen LogP contribution >= 0.6 is 11.6 Å².